The lowest BCUT2D eigenvalue weighted by molar-refractivity contribution is -0.00985. The van der Waals surface area contributed by atoms with E-state index in [9.17, 15) is 5.11 Å². The van der Waals surface area contributed by atoms with Gasteiger partial charge in [0.15, 0.2) is 0 Å². The third kappa shape index (κ3) is 3.28. The molecule has 1 heterocycles. The average Bonchev–Trinajstić information content (AvgIpc) is 2.40. The second-order valence-electron chi connectivity index (χ2n) is 4.64. The Labute approximate surface area is 103 Å². The summed E-state index contributed by atoms with van der Waals surface area (Å²) in [5.41, 5.74) is 2.12. The summed E-state index contributed by atoms with van der Waals surface area (Å²) >= 11 is 0. The highest BCUT2D eigenvalue weighted by atomic mass is 16.5. The van der Waals surface area contributed by atoms with Crippen LogP contribution in [0.5, 0.6) is 0 Å². The minimum absolute atomic E-state index is 0.452. The number of nitrogens with zero attached hydrogens (tertiary/aromatic N) is 1. The number of aliphatic hydroxyl groups excluding tert-OH is 1. The number of methoxy groups -OCH3 is 1. The van der Waals surface area contributed by atoms with Crippen molar-refractivity contribution in [1.82, 2.24) is 4.90 Å². The van der Waals surface area contributed by atoms with Crippen LogP contribution in [-0.4, -0.2) is 30.2 Å². The normalized spacial score (nSPS) is 19.2. The van der Waals surface area contributed by atoms with E-state index in [1.807, 2.05) is 24.3 Å². The zero-order chi connectivity index (χ0) is 12.1. The monoisotopic (exact) mass is 235 g/mol. The van der Waals surface area contributed by atoms with Crippen LogP contribution in [0.15, 0.2) is 24.3 Å². The number of likely N-dealkylation sites (tertiary alicyclic amines) is 1. The Kier molecular flexibility index (Phi) is 4.54. The molecule has 1 aromatic rings. The average molecular weight is 235 g/mol. The van der Waals surface area contributed by atoms with Crippen LogP contribution < -0.4 is 0 Å². The van der Waals surface area contributed by atoms with Gasteiger partial charge in [-0.25, -0.2) is 0 Å². The van der Waals surface area contributed by atoms with Crippen LogP contribution >= 0.6 is 0 Å². The minimum atomic E-state index is -0.452. The number of benzene rings is 1. The first-order valence-electron chi connectivity index (χ1n) is 6.31. The molecule has 2 rings (SSSR count). The van der Waals surface area contributed by atoms with Gasteiger partial charge < -0.3 is 9.84 Å². The van der Waals surface area contributed by atoms with E-state index in [-0.39, 0.29) is 0 Å². The van der Waals surface area contributed by atoms with Gasteiger partial charge in [-0.15, -0.1) is 0 Å². The molecule has 0 radical (unpaired) electrons. The SMILES string of the molecule is COCc1ccc(C(O)N2CCCCC2)cc1. The molecule has 0 spiro atoms. The summed E-state index contributed by atoms with van der Waals surface area (Å²) in [5.74, 6) is 0. The lowest BCUT2D eigenvalue weighted by Crippen LogP contribution is -2.33. The molecule has 17 heavy (non-hydrogen) atoms. The fourth-order valence-corrected chi connectivity index (χ4v) is 2.33. The number of rotatable bonds is 4. The first kappa shape index (κ1) is 12.6. The molecule has 1 fully saturated rings. The van der Waals surface area contributed by atoms with Gasteiger partial charge in [-0.2, -0.15) is 0 Å². The molecule has 1 unspecified atom stereocenters. The Hall–Kier alpha value is -0.900. The minimum Gasteiger partial charge on any atom is -0.380 e. The third-order valence-electron chi connectivity index (χ3n) is 3.33. The summed E-state index contributed by atoms with van der Waals surface area (Å²) in [6.07, 6.45) is 3.22. The van der Waals surface area contributed by atoms with Crippen LogP contribution in [0, 0.1) is 0 Å². The fourth-order valence-electron chi connectivity index (χ4n) is 2.33. The number of piperidine rings is 1. The van der Waals surface area contributed by atoms with Gasteiger partial charge in [-0.1, -0.05) is 30.7 Å². The second kappa shape index (κ2) is 6.15. The molecular formula is C14H21NO2. The van der Waals surface area contributed by atoms with Crippen molar-refractivity contribution in [2.75, 3.05) is 20.2 Å². The van der Waals surface area contributed by atoms with Gasteiger partial charge >= 0.3 is 0 Å². The predicted octanol–water partition coefficient (Wildman–Crippen LogP) is 2.31. The molecule has 3 heteroatoms. The highest BCUT2D eigenvalue weighted by molar-refractivity contribution is 5.23. The molecule has 1 aliphatic rings. The number of hydrogen-bond acceptors (Lipinski definition) is 3. The molecule has 0 saturated carbocycles. The lowest BCUT2D eigenvalue weighted by Gasteiger charge is -2.31. The molecule has 0 bridgehead atoms. The Morgan fingerprint density at radius 2 is 1.82 bits per heavy atom. The smallest absolute Gasteiger partial charge is 0.133 e. The molecule has 0 amide bonds. The van der Waals surface area contributed by atoms with Crippen molar-refractivity contribution in [3.05, 3.63) is 35.4 Å². The zero-order valence-corrected chi connectivity index (χ0v) is 10.4. The molecule has 0 aliphatic carbocycles. The fraction of sp³-hybridized carbons (Fsp3) is 0.571. The van der Waals surface area contributed by atoms with Crippen molar-refractivity contribution >= 4 is 0 Å². The van der Waals surface area contributed by atoms with Gasteiger partial charge in [-0.05, 0) is 24.0 Å². The topological polar surface area (TPSA) is 32.7 Å². The number of aliphatic hydroxyl groups is 1. The lowest BCUT2D eigenvalue weighted by atomic mass is 10.1. The second-order valence-corrected chi connectivity index (χ2v) is 4.64. The standard InChI is InChI=1S/C14H21NO2/c1-17-11-12-5-7-13(8-6-12)14(16)15-9-3-2-4-10-15/h5-8,14,16H,2-4,9-11H2,1H3. The van der Waals surface area contributed by atoms with Crippen LogP contribution in [0.4, 0.5) is 0 Å². The van der Waals surface area contributed by atoms with Crippen molar-refractivity contribution in [1.29, 1.82) is 0 Å². The van der Waals surface area contributed by atoms with Crippen molar-refractivity contribution in [2.45, 2.75) is 32.1 Å². The Balaban J connectivity index is 2.00. The van der Waals surface area contributed by atoms with Gasteiger partial charge in [0.1, 0.15) is 6.23 Å². The van der Waals surface area contributed by atoms with Gasteiger partial charge in [0.2, 0.25) is 0 Å². The quantitative estimate of drug-likeness (QED) is 0.869. The van der Waals surface area contributed by atoms with Gasteiger partial charge in [0, 0.05) is 20.2 Å². The van der Waals surface area contributed by atoms with E-state index in [0.717, 1.165) is 24.2 Å². The van der Waals surface area contributed by atoms with Gasteiger partial charge in [0.25, 0.3) is 0 Å². The summed E-state index contributed by atoms with van der Waals surface area (Å²) in [6, 6.07) is 8.03. The first-order valence-corrected chi connectivity index (χ1v) is 6.31. The number of ether oxygens (including phenoxy) is 1. The van der Waals surface area contributed by atoms with E-state index in [1.54, 1.807) is 7.11 Å². The summed E-state index contributed by atoms with van der Waals surface area (Å²) < 4.78 is 5.07. The van der Waals surface area contributed by atoms with Crippen molar-refractivity contribution in [3.8, 4) is 0 Å². The molecule has 1 atom stereocenters. The van der Waals surface area contributed by atoms with Gasteiger partial charge in [-0.3, -0.25) is 4.90 Å². The van der Waals surface area contributed by atoms with Gasteiger partial charge in [0.05, 0.1) is 6.61 Å². The maximum Gasteiger partial charge on any atom is 0.133 e. The maximum absolute atomic E-state index is 10.3. The summed E-state index contributed by atoms with van der Waals surface area (Å²) in [5, 5.41) is 10.3. The molecule has 1 aromatic carbocycles. The molecule has 1 N–H and O–H groups in total. The zero-order valence-electron chi connectivity index (χ0n) is 10.4. The van der Waals surface area contributed by atoms with E-state index >= 15 is 0 Å². The highest BCUT2D eigenvalue weighted by Crippen LogP contribution is 2.22. The molecule has 0 aromatic heterocycles. The van der Waals surface area contributed by atoms with Crippen LogP contribution in [0.3, 0.4) is 0 Å². The number of hydrogen-bond donors (Lipinski definition) is 1. The molecule has 94 valence electrons. The molecular weight excluding hydrogens is 214 g/mol. The summed E-state index contributed by atoms with van der Waals surface area (Å²) in [4.78, 5) is 2.15. The Morgan fingerprint density at radius 1 is 1.18 bits per heavy atom. The summed E-state index contributed by atoms with van der Waals surface area (Å²) in [6.45, 7) is 2.63. The molecule has 1 aliphatic heterocycles. The van der Waals surface area contributed by atoms with E-state index in [0.29, 0.717) is 6.61 Å². The van der Waals surface area contributed by atoms with E-state index in [1.165, 1.54) is 19.3 Å². The Bertz CT molecular complexity index is 331. The van der Waals surface area contributed by atoms with Crippen molar-refractivity contribution in [3.63, 3.8) is 0 Å². The van der Waals surface area contributed by atoms with E-state index in [4.69, 9.17) is 4.74 Å². The van der Waals surface area contributed by atoms with E-state index < -0.39 is 6.23 Å². The summed E-state index contributed by atoms with van der Waals surface area (Å²) in [7, 11) is 1.69. The third-order valence-corrected chi connectivity index (χ3v) is 3.33. The maximum atomic E-state index is 10.3. The predicted molar refractivity (Wildman–Crippen MR) is 67.5 cm³/mol. The van der Waals surface area contributed by atoms with E-state index in [2.05, 4.69) is 4.90 Å². The van der Waals surface area contributed by atoms with Crippen LogP contribution in [0.2, 0.25) is 0 Å². The van der Waals surface area contributed by atoms with Crippen molar-refractivity contribution < 1.29 is 9.84 Å². The largest absolute Gasteiger partial charge is 0.380 e. The van der Waals surface area contributed by atoms with Crippen LogP contribution in [0.25, 0.3) is 0 Å². The Morgan fingerprint density at radius 3 is 2.41 bits per heavy atom. The molecule has 3 nitrogen and oxygen atoms in total. The van der Waals surface area contributed by atoms with Crippen LogP contribution in [-0.2, 0) is 11.3 Å². The first-order chi connectivity index (χ1) is 8.31. The van der Waals surface area contributed by atoms with Crippen LogP contribution in [0.1, 0.15) is 36.6 Å². The van der Waals surface area contributed by atoms with Crippen molar-refractivity contribution in [2.24, 2.45) is 0 Å². The highest BCUT2D eigenvalue weighted by Gasteiger charge is 2.19. The molecule has 1 saturated heterocycles.